The third-order valence-corrected chi connectivity index (χ3v) is 4.34. The van der Waals surface area contributed by atoms with E-state index in [0.29, 0.717) is 30.3 Å². The Labute approximate surface area is 174 Å². The van der Waals surface area contributed by atoms with E-state index in [4.69, 9.17) is 14.2 Å². The second kappa shape index (κ2) is 8.65. The number of ether oxygens (including phenoxy) is 3. The number of carbonyl (C=O) groups is 1. The topological polar surface area (TPSA) is 74.9 Å². The summed E-state index contributed by atoms with van der Waals surface area (Å²) in [6.45, 7) is 4.82. The fourth-order valence-electron chi connectivity index (χ4n) is 3.01. The monoisotopic (exact) mass is 403 g/mol. The van der Waals surface area contributed by atoms with E-state index in [9.17, 15) is 4.79 Å². The van der Waals surface area contributed by atoms with Gasteiger partial charge in [-0.2, -0.15) is 5.10 Å². The van der Waals surface area contributed by atoms with Gasteiger partial charge in [-0.1, -0.05) is 18.2 Å². The van der Waals surface area contributed by atoms with Gasteiger partial charge in [0.1, 0.15) is 0 Å². The molecule has 30 heavy (non-hydrogen) atoms. The lowest BCUT2D eigenvalue weighted by atomic mass is 10.2. The van der Waals surface area contributed by atoms with E-state index in [2.05, 4.69) is 10.1 Å². The van der Waals surface area contributed by atoms with Gasteiger partial charge in [-0.05, 0) is 50.3 Å². The highest BCUT2D eigenvalue weighted by atomic mass is 16.6. The summed E-state index contributed by atoms with van der Waals surface area (Å²) in [5.41, 5.74) is 2.53. The van der Waals surface area contributed by atoms with Crippen molar-refractivity contribution in [1.29, 1.82) is 0 Å². The maximum absolute atomic E-state index is 12.3. The van der Waals surface area contributed by atoms with Crippen LogP contribution in [-0.4, -0.2) is 34.9 Å². The number of aromatic nitrogens is 2. The minimum Gasteiger partial charge on any atom is -0.490 e. The van der Waals surface area contributed by atoms with Gasteiger partial charge in [0.15, 0.2) is 17.2 Å². The van der Waals surface area contributed by atoms with Crippen LogP contribution >= 0.6 is 0 Å². The molecule has 0 fully saturated rings. The molecule has 1 aliphatic rings. The van der Waals surface area contributed by atoms with Crippen molar-refractivity contribution in [1.82, 2.24) is 9.78 Å². The van der Waals surface area contributed by atoms with Crippen molar-refractivity contribution in [3.8, 4) is 17.2 Å². The number of esters is 1. The molecule has 0 amide bonds. The highest BCUT2D eigenvalue weighted by Crippen LogP contribution is 2.30. The summed E-state index contributed by atoms with van der Waals surface area (Å²) in [5, 5.41) is 4.33. The maximum Gasteiger partial charge on any atom is 0.363 e. The Hall–Kier alpha value is -3.87. The predicted molar refractivity (Wildman–Crippen MR) is 113 cm³/mol. The van der Waals surface area contributed by atoms with E-state index in [-0.39, 0.29) is 11.6 Å². The average molecular weight is 403 g/mol. The Morgan fingerprint density at radius 3 is 2.57 bits per heavy atom. The van der Waals surface area contributed by atoms with Crippen molar-refractivity contribution in [3.63, 3.8) is 0 Å². The molecule has 2 heterocycles. The molecule has 0 radical (unpaired) electrons. The first kappa shape index (κ1) is 19.4. The van der Waals surface area contributed by atoms with Crippen LogP contribution in [0, 0.1) is 0 Å². The molecule has 7 nitrogen and oxygen atoms in total. The third kappa shape index (κ3) is 4.10. The predicted octanol–water partition coefficient (Wildman–Crippen LogP) is 4.01. The maximum atomic E-state index is 12.3. The summed E-state index contributed by atoms with van der Waals surface area (Å²) < 4.78 is 18.3. The highest BCUT2D eigenvalue weighted by molar-refractivity contribution is 6.13. The second-order valence-corrected chi connectivity index (χ2v) is 6.42. The molecule has 0 N–H and O–H groups in total. The van der Waals surface area contributed by atoms with Crippen LogP contribution in [0.3, 0.4) is 0 Å². The number of hydrogen-bond acceptors (Lipinski definition) is 6. The molecule has 1 aliphatic heterocycles. The van der Waals surface area contributed by atoms with Crippen molar-refractivity contribution >= 4 is 17.9 Å². The van der Waals surface area contributed by atoms with E-state index in [1.54, 1.807) is 35.2 Å². The van der Waals surface area contributed by atoms with Crippen molar-refractivity contribution in [2.24, 2.45) is 4.99 Å². The summed E-state index contributed by atoms with van der Waals surface area (Å²) in [6.07, 6.45) is 5.15. The van der Waals surface area contributed by atoms with Gasteiger partial charge in [-0.15, -0.1) is 0 Å². The number of carbonyl (C=O) groups excluding carboxylic acids is 1. The van der Waals surface area contributed by atoms with Gasteiger partial charge in [-0.3, -0.25) is 0 Å². The molecule has 3 aromatic rings. The quantitative estimate of drug-likeness (QED) is 0.440. The molecule has 7 heteroatoms. The van der Waals surface area contributed by atoms with Gasteiger partial charge in [-0.25, -0.2) is 14.5 Å². The standard InChI is InChI=1S/C23H21N3O4/c1-3-28-20-11-10-17(13-21(20)29-4-2)22-25-19(23(27)30-22)12-16-14-24-26(15-16)18-8-6-5-7-9-18/h5-15H,3-4H2,1-2H3/b19-12-. The zero-order valence-electron chi connectivity index (χ0n) is 16.7. The minimum absolute atomic E-state index is 0.212. The van der Waals surface area contributed by atoms with Gasteiger partial charge in [0.2, 0.25) is 5.90 Å². The lowest BCUT2D eigenvalue weighted by Gasteiger charge is -2.11. The fourth-order valence-corrected chi connectivity index (χ4v) is 3.01. The van der Waals surface area contributed by atoms with Crippen LogP contribution in [0.2, 0.25) is 0 Å². The van der Waals surface area contributed by atoms with Gasteiger partial charge < -0.3 is 14.2 Å². The summed E-state index contributed by atoms with van der Waals surface area (Å²) >= 11 is 0. The van der Waals surface area contributed by atoms with Gasteiger partial charge >= 0.3 is 5.97 Å². The molecular formula is C23H21N3O4. The smallest absolute Gasteiger partial charge is 0.363 e. The zero-order chi connectivity index (χ0) is 20.9. The highest BCUT2D eigenvalue weighted by Gasteiger charge is 2.25. The van der Waals surface area contributed by atoms with Crippen molar-refractivity contribution < 1.29 is 19.0 Å². The van der Waals surface area contributed by atoms with Gasteiger partial charge in [0.25, 0.3) is 0 Å². The van der Waals surface area contributed by atoms with Crippen LogP contribution in [0.4, 0.5) is 0 Å². The van der Waals surface area contributed by atoms with E-state index in [1.165, 1.54) is 0 Å². The van der Waals surface area contributed by atoms with Crippen LogP contribution in [0.15, 0.2) is 71.6 Å². The van der Waals surface area contributed by atoms with Crippen molar-refractivity contribution in [2.45, 2.75) is 13.8 Å². The van der Waals surface area contributed by atoms with Crippen molar-refractivity contribution in [3.05, 3.63) is 77.7 Å². The lowest BCUT2D eigenvalue weighted by Crippen LogP contribution is -2.06. The first-order valence-electron chi connectivity index (χ1n) is 9.70. The molecule has 0 bridgehead atoms. The molecule has 4 rings (SSSR count). The molecule has 0 saturated carbocycles. The van der Waals surface area contributed by atoms with Crippen LogP contribution in [0.1, 0.15) is 25.0 Å². The number of nitrogens with zero attached hydrogens (tertiary/aromatic N) is 3. The van der Waals surface area contributed by atoms with E-state index < -0.39 is 5.97 Å². The Bertz CT molecular complexity index is 1120. The molecule has 0 saturated heterocycles. The molecule has 0 spiro atoms. The number of aliphatic imine (C=N–C) groups is 1. The SMILES string of the molecule is CCOc1ccc(C2=N/C(=C\c3cnn(-c4ccccc4)c3)C(=O)O2)cc1OCC. The Morgan fingerprint density at radius 1 is 1.03 bits per heavy atom. The molecule has 0 unspecified atom stereocenters. The molecule has 0 atom stereocenters. The number of para-hydroxylation sites is 1. The van der Waals surface area contributed by atoms with Crippen LogP contribution in [-0.2, 0) is 9.53 Å². The largest absolute Gasteiger partial charge is 0.490 e. The van der Waals surface area contributed by atoms with Crippen LogP contribution in [0.25, 0.3) is 11.8 Å². The van der Waals surface area contributed by atoms with Crippen molar-refractivity contribution in [2.75, 3.05) is 13.2 Å². The lowest BCUT2D eigenvalue weighted by molar-refractivity contribution is -0.129. The molecule has 1 aromatic heterocycles. The average Bonchev–Trinajstić information content (AvgIpc) is 3.38. The third-order valence-electron chi connectivity index (χ3n) is 4.34. The number of rotatable bonds is 7. The number of benzene rings is 2. The molecule has 0 aliphatic carbocycles. The second-order valence-electron chi connectivity index (χ2n) is 6.42. The van der Waals surface area contributed by atoms with E-state index in [1.807, 2.05) is 50.4 Å². The number of cyclic esters (lactones) is 1. The van der Waals surface area contributed by atoms with Crippen LogP contribution in [0.5, 0.6) is 11.5 Å². The summed E-state index contributed by atoms with van der Waals surface area (Å²) in [5.74, 6) is 0.935. The molecular weight excluding hydrogens is 382 g/mol. The Morgan fingerprint density at radius 2 is 1.80 bits per heavy atom. The van der Waals surface area contributed by atoms with Gasteiger partial charge in [0, 0.05) is 17.3 Å². The minimum atomic E-state index is -0.510. The molecule has 152 valence electrons. The number of hydrogen-bond donors (Lipinski definition) is 0. The zero-order valence-corrected chi connectivity index (χ0v) is 16.7. The summed E-state index contributed by atoms with van der Waals surface area (Å²) in [4.78, 5) is 16.7. The summed E-state index contributed by atoms with van der Waals surface area (Å²) in [7, 11) is 0. The first-order chi connectivity index (χ1) is 14.7. The molecule has 2 aromatic carbocycles. The van der Waals surface area contributed by atoms with Gasteiger partial charge in [0.05, 0.1) is 25.1 Å². The first-order valence-corrected chi connectivity index (χ1v) is 9.70. The Kier molecular flexibility index (Phi) is 5.61. The fraction of sp³-hybridized carbons (Fsp3) is 0.174. The summed E-state index contributed by atoms with van der Waals surface area (Å²) in [6, 6.07) is 15.1. The van der Waals surface area contributed by atoms with E-state index >= 15 is 0 Å². The van der Waals surface area contributed by atoms with Crippen LogP contribution < -0.4 is 9.47 Å². The normalized spacial score (nSPS) is 14.5. The van der Waals surface area contributed by atoms with E-state index in [0.717, 1.165) is 11.3 Å². The Balaban J connectivity index is 1.60.